The number of hydrogen-bond donors (Lipinski definition) is 1. The van der Waals surface area contributed by atoms with Crippen LogP contribution in [0.2, 0.25) is 0 Å². The number of pyridine rings is 1. The van der Waals surface area contributed by atoms with Gasteiger partial charge in [0, 0.05) is 30.6 Å². The number of rotatable bonds is 5. The highest BCUT2D eigenvalue weighted by Crippen LogP contribution is 2.05. The van der Waals surface area contributed by atoms with Crippen molar-refractivity contribution in [1.82, 2.24) is 9.97 Å². The third-order valence-electron chi connectivity index (χ3n) is 2.22. The fourth-order valence-corrected chi connectivity index (χ4v) is 1.90. The first-order valence-electron chi connectivity index (χ1n) is 5.44. The maximum absolute atomic E-state index is 11.4. The summed E-state index contributed by atoms with van der Waals surface area (Å²) in [6, 6.07) is 2.81. The molecule has 0 atom stereocenters. The van der Waals surface area contributed by atoms with Crippen molar-refractivity contribution in [3.8, 4) is 0 Å². The predicted octanol–water partition coefficient (Wildman–Crippen LogP) is 1.34. The Morgan fingerprint density at radius 3 is 3.05 bits per heavy atom. The molecule has 0 radical (unpaired) electrons. The minimum Gasteiger partial charge on any atom is -0.389 e. The van der Waals surface area contributed by atoms with Crippen LogP contribution in [0.25, 0.3) is 0 Å². The lowest BCUT2D eigenvalue weighted by molar-refractivity contribution is -0.111. The predicted molar refractivity (Wildman–Crippen MR) is 71.2 cm³/mol. The summed E-state index contributed by atoms with van der Waals surface area (Å²) in [6.45, 7) is 1.48. The Bertz CT molecular complexity index is 646. The van der Waals surface area contributed by atoms with Gasteiger partial charge in [-0.15, -0.1) is 11.3 Å². The average molecular weight is 277 g/mol. The van der Waals surface area contributed by atoms with Crippen LogP contribution >= 0.6 is 11.3 Å². The fourth-order valence-electron chi connectivity index (χ4n) is 1.36. The Hall–Kier alpha value is -2.28. The molecule has 0 aliphatic rings. The molecule has 98 valence electrons. The van der Waals surface area contributed by atoms with Gasteiger partial charge in [0.2, 0.25) is 0 Å². The molecule has 0 spiro atoms. The van der Waals surface area contributed by atoms with Gasteiger partial charge >= 0.3 is 0 Å². The van der Waals surface area contributed by atoms with E-state index < -0.39 is 0 Å². The van der Waals surface area contributed by atoms with E-state index in [2.05, 4.69) is 15.1 Å². The molecular formula is C12H11N3O3S. The quantitative estimate of drug-likeness (QED) is 0.660. The lowest BCUT2D eigenvalue weighted by Crippen LogP contribution is -2.13. The second-order valence-corrected chi connectivity index (χ2v) is 4.41. The molecule has 0 saturated carbocycles. The van der Waals surface area contributed by atoms with Gasteiger partial charge in [-0.3, -0.25) is 9.59 Å². The van der Waals surface area contributed by atoms with Crippen molar-refractivity contribution in [2.45, 2.75) is 13.5 Å². The number of nitrogens with one attached hydrogen (secondary N) is 1. The lowest BCUT2D eigenvalue weighted by atomic mass is 10.2. The van der Waals surface area contributed by atoms with Crippen molar-refractivity contribution in [2.75, 3.05) is 0 Å². The molecule has 0 unspecified atom stereocenters. The summed E-state index contributed by atoms with van der Waals surface area (Å²) in [4.78, 5) is 34.5. The molecular weight excluding hydrogens is 266 g/mol. The Labute approximate surface area is 112 Å². The number of carbonyl (C=O) groups excluding carboxylic acids is 1. The van der Waals surface area contributed by atoms with Gasteiger partial charge in [0.05, 0.1) is 11.2 Å². The Balaban J connectivity index is 2.08. The molecule has 0 aliphatic heterocycles. The number of carbonyl (C=O) groups is 1. The number of aromatic amines is 1. The van der Waals surface area contributed by atoms with Crippen LogP contribution in [0.3, 0.4) is 0 Å². The van der Waals surface area contributed by atoms with E-state index in [0.29, 0.717) is 11.4 Å². The molecule has 0 aromatic carbocycles. The number of thiazole rings is 1. The van der Waals surface area contributed by atoms with Gasteiger partial charge in [0.1, 0.15) is 5.69 Å². The van der Waals surface area contributed by atoms with E-state index in [9.17, 15) is 9.59 Å². The van der Waals surface area contributed by atoms with Gasteiger partial charge in [-0.05, 0) is 0 Å². The van der Waals surface area contributed by atoms with E-state index in [-0.39, 0.29) is 23.5 Å². The molecule has 7 heteroatoms. The fraction of sp³-hybridized carbons (Fsp3) is 0.167. The standard InChI is InChI=1S/C12H11N3O3S/c1-8(16)12(11-6-19-7-14-11)15-18-5-9-4-10(17)2-3-13-9/h2-4,6-7H,5H2,1H3,(H,13,17)/b15-12+. The number of ketones is 1. The first-order chi connectivity index (χ1) is 9.16. The van der Waals surface area contributed by atoms with Crippen LogP contribution in [-0.4, -0.2) is 21.5 Å². The second-order valence-electron chi connectivity index (χ2n) is 3.69. The minimum absolute atomic E-state index is 0.0804. The monoisotopic (exact) mass is 277 g/mol. The number of Topliss-reactive ketones (excluding diaryl/α,β-unsaturated/α-hetero) is 1. The van der Waals surface area contributed by atoms with Gasteiger partial charge in [-0.2, -0.15) is 0 Å². The number of hydrogen-bond acceptors (Lipinski definition) is 6. The largest absolute Gasteiger partial charge is 0.389 e. The van der Waals surface area contributed by atoms with Gasteiger partial charge < -0.3 is 9.82 Å². The molecule has 2 aromatic heterocycles. The molecule has 19 heavy (non-hydrogen) atoms. The summed E-state index contributed by atoms with van der Waals surface area (Å²) in [5, 5.41) is 5.50. The third kappa shape index (κ3) is 3.59. The van der Waals surface area contributed by atoms with Gasteiger partial charge in [-0.1, -0.05) is 5.16 Å². The van der Waals surface area contributed by atoms with Crippen LogP contribution in [0.1, 0.15) is 18.3 Å². The molecule has 0 saturated heterocycles. The zero-order chi connectivity index (χ0) is 13.7. The minimum atomic E-state index is -0.229. The number of oxime groups is 1. The number of nitrogens with zero attached hydrogens (tertiary/aromatic N) is 2. The summed E-state index contributed by atoms with van der Waals surface area (Å²) in [6.07, 6.45) is 1.52. The summed E-state index contributed by atoms with van der Waals surface area (Å²) in [7, 11) is 0. The first kappa shape index (κ1) is 13.2. The van der Waals surface area contributed by atoms with E-state index in [1.807, 2.05) is 0 Å². The molecule has 0 amide bonds. The van der Waals surface area contributed by atoms with E-state index >= 15 is 0 Å². The summed E-state index contributed by atoms with van der Waals surface area (Å²) < 4.78 is 0. The van der Waals surface area contributed by atoms with E-state index in [1.54, 1.807) is 10.9 Å². The summed E-state index contributed by atoms with van der Waals surface area (Å²) in [5.41, 5.74) is 2.73. The zero-order valence-electron chi connectivity index (χ0n) is 10.1. The Kier molecular flexibility index (Phi) is 4.19. The van der Waals surface area contributed by atoms with Crippen molar-refractivity contribution < 1.29 is 9.63 Å². The molecule has 2 aromatic rings. The van der Waals surface area contributed by atoms with E-state index in [1.165, 1.54) is 36.6 Å². The van der Waals surface area contributed by atoms with Crippen molar-refractivity contribution in [3.63, 3.8) is 0 Å². The number of aromatic nitrogens is 2. The van der Waals surface area contributed by atoms with E-state index in [4.69, 9.17) is 4.84 Å². The molecule has 1 N–H and O–H groups in total. The van der Waals surface area contributed by atoms with Crippen LogP contribution in [0, 0.1) is 0 Å². The Morgan fingerprint density at radius 1 is 1.58 bits per heavy atom. The lowest BCUT2D eigenvalue weighted by Gasteiger charge is -2.01. The topological polar surface area (TPSA) is 84.4 Å². The van der Waals surface area contributed by atoms with Crippen LogP contribution in [0.15, 0.2) is 39.2 Å². The van der Waals surface area contributed by atoms with E-state index in [0.717, 1.165) is 0 Å². The van der Waals surface area contributed by atoms with Crippen molar-refractivity contribution in [1.29, 1.82) is 0 Å². The SMILES string of the molecule is CC(=O)/C(=N\OCc1cc(=O)cc[nH]1)c1cscn1. The van der Waals surface area contributed by atoms with Crippen LogP contribution < -0.4 is 5.43 Å². The third-order valence-corrected chi connectivity index (χ3v) is 2.80. The summed E-state index contributed by atoms with van der Waals surface area (Å²) in [5.74, 6) is -0.229. The first-order valence-corrected chi connectivity index (χ1v) is 6.38. The normalized spacial score (nSPS) is 11.3. The van der Waals surface area contributed by atoms with Crippen molar-refractivity contribution >= 4 is 22.8 Å². The highest BCUT2D eigenvalue weighted by molar-refractivity contribution is 7.07. The van der Waals surface area contributed by atoms with Crippen LogP contribution in [0.5, 0.6) is 0 Å². The maximum Gasteiger partial charge on any atom is 0.183 e. The molecule has 0 bridgehead atoms. The van der Waals surface area contributed by atoms with Crippen LogP contribution in [-0.2, 0) is 16.2 Å². The second kappa shape index (κ2) is 6.05. The Morgan fingerprint density at radius 2 is 2.42 bits per heavy atom. The van der Waals surface area contributed by atoms with Crippen molar-refractivity contribution in [2.24, 2.45) is 5.16 Å². The van der Waals surface area contributed by atoms with Gasteiger partial charge in [0.25, 0.3) is 0 Å². The highest BCUT2D eigenvalue weighted by atomic mass is 32.1. The molecule has 2 rings (SSSR count). The molecule has 6 nitrogen and oxygen atoms in total. The highest BCUT2D eigenvalue weighted by Gasteiger charge is 2.12. The van der Waals surface area contributed by atoms with Crippen LogP contribution in [0.4, 0.5) is 0 Å². The smallest absolute Gasteiger partial charge is 0.183 e. The van der Waals surface area contributed by atoms with Gasteiger partial charge in [-0.25, -0.2) is 4.98 Å². The molecule has 0 aliphatic carbocycles. The maximum atomic E-state index is 11.4. The molecule has 0 fully saturated rings. The average Bonchev–Trinajstić information content (AvgIpc) is 2.88. The zero-order valence-corrected chi connectivity index (χ0v) is 10.9. The molecule has 2 heterocycles. The number of H-pyrrole nitrogens is 1. The van der Waals surface area contributed by atoms with Gasteiger partial charge in [0.15, 0.2) is 23.5 Å². The van der Waals surface area contributed by atoms with Crippen molar-refractivity contribution in [3.05, 3.63) is 50.8 Å². The summed E-state index contributed by atoms with van der Waals surface area (Å²) >= 11 is 1.37.